The molecule has 0 aliphatic heterocycles. The molecule has 1 aliphatic rings. The molecular weight excluding hydrogens is 269 g/mol. The highest BCUT2D eigenvalue weighted by Gasteiger charge is 2.28. The van der Waals surface area contributed by atoms with Gasteiger partial charge in [-0.05, 0) is 25.3 Å². The minimum atomic E-state index is -4.34. The summed E-state index contributed by atoms with van der Waals surface area (Å²) >= 11 is 0. The molecule has 2 rings (SSSR count). The van der Waals surface area contributed by atoms with Gasteiger partial charge in [-0.25, -0.2) is 4.98 Å². The first-order valence-electron chi connectivity index (χ1n) is 6.84. The Balaban J connectivity index is 1.78. The van der Waals surface area contributed by atoms with Crippen LogP contribution < -0.4 is 10.1 Å². The van der Waals surface area contributed by atoms with Gasteiger partial charge in [-0.15, -0.1) is 0 Å². The molecule has 112 valence electrons. The third-order valence-corrected chi connectivity index (χ3v) is 3.44. The summed E-state index contributed by atoms with van der Waals surface area (Å²) in [6.45, 7) is 0.789. The molecule has 0 spiro atoms. The van der Waals surface area contributed by atoms with Gasteiger partial charge in [-0.1, -0.05) is 19.3 Å². The number of alkyl halides is 3. The van der Waals surface area contributed by atoms with Gasteiger partial charge < -0.3 is 10.1 Å². The number of rotatable bonds is 6. The van der Waals surface area contributed by atoms with Gasteiger partial charge in [-0.3, -0.25) is 0 Å². The minimum Gasteiger partial charge on any atom is -0.468 e. The van der Waals surface area contributed by atoms with E-state index >= 15 is 0 Å². The van der Waals surface area contributed by atoms with Crippen LogP contribution in [-0.2, 0) is 0 Å². The molecule has 0 radical (unpaired) electrons. The predicted octanol–water partition coefficient (Wildman–Crippen LogP) is 4.01. The van der Waals surface area contributed by atoms with Crippen molar-refractivity contribution in [3.63, 3.8) is 0 Å². The molecule has 6 heteroatoms. The number of nitrogens with one attached hydrogen (secondary N) is 1. The third-order valence-electron chi connectivity index (χ3n) is 3.44. The smallest absolute Gasteiger partial charge is 0.422 e. The molecule has 1 aliphatic carbocycles. The van der Waals surface area contributed by atoms with Crippen molar-refractivity contribution in [1.82, 2.24) is 4.98 Å². The molecule has 0 aromatic carbocycles. The fourth-order valence-corrected chi connectivity index (χ4v) is 2.28. The van der Waals surface area contributed by atoms with Crippen molar-refractivity contribution in [2.24, 2.45) is 5.92 Å². The molecule has 1 atom stereocenters. The van der Waals surface area contributed by atoms with E-state index in [2.05, 4.69) is 22.0 Å². The first-order valence-corrected chi connectivity index (χ1v) is 6.84. The van der Waals surface area contributed by atoms with E-state index < -0.39 is 12.8 Å². The molecule has 1 aromatic rings. The van der Waals surface area contributed by atoms with E-state index in [1.54, 1.807) is 6.07 Å². The Morgan fingerprint density at radius 3 is 2.65 bits per heavy atom. The standard InChI is InChI=1S/C14H19F3N2O/c1-10(7-11-3-2-4-11)19-12-5-6-13(18-8-12)20-9-14(15,16)17/h5-6,8,10-11,19H,2-4,7,9H2,1H3. The van der Waals surface area contributed by atoms with Crippen molar-refractivity contribution in [2.75, 3.05) is 11.9 Å². The topological polar surface area (TPSA) is 34.1 Å². The first-order chi connectivity index (χ1) is 9.42. The first kappa shape index (κ1) is 14.9. The maximum Gasteiger partial charge on any atom is 0.422 e. The SMILES string of the molecule is CC(CC1CCC1)Nc1ccc(OCC(F)(F)F)nc1. The Morgan fingerprint density at radius 2 is 2.15 bits per heavy atom. The molecular formula is C14H19F3N2O. The minimum absolute atomic E-state index is 0.0143. The number of hydrogen-bond donors (Lipinski definition) is 1. The summed E-state index contributed by atoms with van der Waals surface area (Å²) in [6, 6.07) is 3.48. The maximum atomic E-state index is 12.0. The summed E-state index contributed by atoms with van der Waals surface area (Å²) in [5.41, 5.74) is 0.802. The highest BCUT2D eigenvalue weighted by atomic mass is 19.4. The van der Waals surface area contributed by atoms with Gasteiger partial charge in [-0.2, -0.15) is 13.2 Å². The number of ether oxygens (including phenoxy) is 1. The van der Waals surface area contributed by atoms with E-state index in [9.17, 15) is 13.2 Å². The Morgan fingerprint density at radius 1 is 1.40 bits per heavy atom. The van der Waals surface area contributed by atoms with Crippen LogP contribution in [0.1, 0.15) is 32.6 Å². The van der Waals surface area contributed by atoms with Crippen LogP contribution in [0.15, 0.2) is 18.3 Å². The number of nitrogens with zero attached hydrogens (tertiary/aromatic N) is 1. The summed E-state index contributed by atoms with van der Waals surface area (Å²) in [7, 11) is 0. The lowest BCUT2D eigenvalue weighted by Crippen LogP contribution is -2.23. The molecule has 1 unspecified atom stereocenters. The Hall–Kier alpha value is -1.46. The Kier molecular flexibility index (Phi) is 4.73. The van der Waals surface area contributed by atoms with Gasteiger partial charge in [0.05, 0.1) is 11.9 Å². The Labute approximate surface area is 116 Å². The highest BCUT2D eigenvalue weighted by molar-refractivity contribution is 5.42. The van der Waals surface area contributed by atoms with E-state index in [1.165, 1.54) is 31.5 Å². The second kappa shape index (κ2) is 6.33. The van der Waals surface area contributed by atoms with E-state index in [1.807, 2.05) is 0 Å². The zero-order valence-corrected chi connectivity index (χ0v) is 11.4. The van der Waals surface area contributed by atoms with Crippen LogP contribution in [0, 0.1) is 5.92 Å². The van der Waals surface area contributed by atoms with Crippen LogP contribution in [0.2, 0.25) is 0 Å². The third kappa shape index (κ3) is 4.90. The van der Waals surface area contributed by atoms with E-state index in [0.717, 1.165) is 18.0 Å². The second-order valence-corrected chi connectivity index (χ2v) is 5.37. The van der Waals surface area contributed by atoms with Crippen molar-refractivity contribution in [2.45, 2.75) is 44.8 Å². The predicted molar refractivity (Wildman–Crippen MR) is 70.8 cm³/mol. The molecule has 1 heterocycles. The summed E-state index contributed by atoms with van der Waals surface area (Å²) in [5.74, 6) is 0.791. The molecule has 1 saturated carbocycles. The molecule has 3 nitrogen and oxygen atoms in total. The van der Waals surface area contributed by atoms with Gasteiger partial charge in [0.15, 0.2) is 6.61 Å². The summed E-state index contributed by atoms with van der Waals surface area (Å²) < 4.78 is 40.5. The number of hydrogen-bond acceptors (Lipinski definition) is 3. The van der Waals surface area contributed by atoms with Gasteiger partial charge in [0.25, 0.3) is 0 Å². The van der Waals surface area contributed by atoms with Crippen LogP contribution in [0.25, 0.3) is 0 Å². The zero-order valence-electron chi connectivity index (χ0n) is 11.4. The largest absolute Gasteiger partial charge is 0.468 e. The van der Waals surface area contributed by atoms with Gasteiger partial charge in [0.2, 0.25) is 5.88 Å². The molecule has 0 bridgehead atoms. The number of aromatic nitrogens is 1. The van der Waals surface area contributed by atoms with Crippen LogP contribution in [0.3, 0.4) is 0 Å². The fraction of sp³-hybridized carbons (Fsp3) is 0.643. The average molecular weight is 288 g/mol. The maximum absolute atomic E-state index is 12.0. The van der Waals surface area contributed by atoms with E-state index in [0.29, 0.717) is 6.04 Å². The molecule has 20 heavy (non-hydrogen) atoms. The van der Waals surface area contributed by atoms with Crippen molar-refractivity contribution in [3.05, 3.63) is 18.3 Å². The number of anilines is 1. The molecule has 1 N–H and O–H groups in total. The normalized spacial score (nSPS) is 17.4. The average Bonchev–Trinajstić information content (AvgIpc) is 2.32. The lowest BCUT2D eigenvalue weighted by Gasteiger charge is -2.28. The van der Waals surface area contributed by atoms with Crippen LogP contribution in [-0.4, -0.2) is 23.8 Å². The van der Waals surface area contributed by atoms with Crippen molar-refractivity contribution < 1.29 is 17.9 Å². The molecule has 0 saturated heterocycles. The summed E-state index contributed by atoms with van der Waals surface area (Å²) in [4.78, 5) is 3.86. The van der Waals surface area contributed by atoms with Gasteiger partial charge in [0, 0.05) is 12.1 Å². The molecule has 1 aromatic heterocycles. The van der Waals surface area contributed by atoms with Gasteiger partial charge >= 0.3 is 6.18 Å². The van der Waals surface area contributed by atoms with Crippen molar-refractivity contribution >= 4 is 5.69 Å². The highest BCUT2D eigenvalue weighted by Crippen LogP contribution is 2.31. The molecule has 0 amide bonds. The quantitative estimate of drug-likeness (QED) is 0.858. The van der Waals surface area contributed by atoms with Crippen molar-refractivity contribution in [1.29, 1.82) is 0 Å². The molecule has 1 fully saturated rings. The lowest BCUT2D eigenvalue weighted by molar-refractivity contribution is -0.154. The summed E-state index contributed by atoms with van der Waals surface area (Å²) in [6.07, 6.45) is 2.21. The van der Waals surface area contributed by atoms with Crippen LogP contribution in [0.4, 0.5) is 18.9 Å². The van der Waals surface area contributed by atoms with E-state index in [-0.39, 0.29) is 5.88 Å². The van der Waals surface area contributed by atoms with Crippen LogP contribution in [0.5, 0.6) is 5.88 Å². The van der Waals surface area contributed by atoms with Gasteiger partial charge in [0.1, 0.15) is 0 Å². The van der Waals surface area contributed by atoms with Crippen molar-refractivity contribution in [3.8, 4) is 5.88 Å². The Bertz CT molecular complexity index is 415. The lowest BCUT2D eigenvalue weighted by atomic mass is 9.81. The second-order valence-electron chi connectivity index (χ2n) is 5.37. The van der Waals surface area contributed by atoms with Crippen LogP contribution >= 0.6 is 0 Å². The fourth-order valence-electron chi connectivity index (χ4n) is 2.28. The zero-order chi connectivity index (χ0) is 14.6. The van der Waals surface area contributed by atoms with E-state index in [4.69, 9.17) is 0 Å². The summed E-state index contributed by atoms with van der Waals surface area (Å²) in [5, 5.41) is 3.30. The number of pyridine rings is 1. The monoisotopic (exact) mass is 288 g/mol. The number of halogens is 3.